The summed E-state index contributed by atoms with van der Waals surface area (Å²) in [6, 6.07) is 12.0. The van der Waals surface area contributed by atoms with Crippen molar-refractivity contribution in [2.45, 2.75) is 13.0 Å². The number of amides is 1. The summed E-state index contributed by atoms with van der Waals surface area (Å²) >= 11 is 6.22. The molecule has 1 saturated heterocycles. The molecule has 3 aromatic rings. The van der Waals surface area contributed by atoms with Crippen LogP contribution in [0.25, 0.3) is 5.76 Å². The first kappa shape index (κ1) is 23.1. The molecule has 0 radical (unpaired) electrons. The highest BCUT2D eigenvalue weighted by molar-refractivity contribution is 6.51. The standard InChI is InChI=1S/C25H21ClN2O6/c1-4-11-33-17-8-5-15(6-9-17)22-21(23(29)16-7-10-19(32-3)18(26)13-16)24(30)25(31)28(22)20-12-14(2)34-27-20/h4-10,12-13,22,29H,1,11H2,2-3H3/b23-21+. The molecular weight excluding hydrogens is 460 g/mol. The van der Waals surface area contributed by atoms with Crippen molar-refractivity contribution < 1.29 is 28.7 Å². The third kappa shape index (κ3) is 4.15. The van der Waals surface area contributed by atoms with E-state index in [0.717, 1.165) is 0 Å². The molecule has 174 valence electrons. The zero-order valence-corrected chi connectivity index (χ0v) is 19.2. The Balaban J connectivity index is 1.87. The monoisotopic (exact) mass is 480 g/mol. The smallest absolute Gasteiger partial charge is 0.301 e. The first-order chi connectivity index (χ1) is 16.3. The van der Waals surface area contributed by atoms with Crippen LogP contribution in [0.2, 0.25) is 5.02 Å². The molecule has 1 unspecified atom stereocenters. The minimum absolute atomic E-state index is 0.105. The van der Waals surface area contributed by atoms with Crippen molar-refractivity contribution >= 4 is 34.9 Å². The molecule has 1 aliphatic rings. The number of hydrogen-bond donors (Lipinski definition) is 1. The molecule has 1 atom stereocenters. The number of carbonyl (C=O) groups excluding carboxylic acids is 2. The van der Waals surface area contributed by atoms with Gasteiger partial charge in [-0.3, -0.25) is 14.5 Å². The third-order valence-corrected chi connectivity index (χ3v) is 5.59. The van der Waals surface area contributed by atoms with Crippen molar-refractivity contribution in [1.82, 2.24) is 5.16 Å². The van der Waals surface area contributed by atoms with E-state index in [4.69, 9.17) is 25.6 Å². The van der Waals surface area contributed by atoms with Crippen LogP contribution in [0.3, 0.4) is 0 Å². The molecule has 0 aliphatic carbocycles. The Morgan fingerprint density at radius 3 is 2.56 bits per heavy atom. The number of aliphatic hydroxyl groups excluding tert-OH is 1. The first-order valence-corrected chi connectivity index (χ1v) is 10.7. The Morgan fingerprint density at radius 2 is 1.97 bits per heavy atom. The van der Waals surface area contributed by atoms with Crippen LogP contribution in [0.4, 0.5) is 5.82 Å². The van der Waals surface area contributed by atoms with Gasteiger partial charge in [-0.15, -0.1) is 0 Å². The van der Waals surface area contributed by atoms with E-state index in [1.165, 1.54) is 18.1 Å². The molecule has 9 heteroatoms. The summed E-state index contributed by atoms with van der Waals surface area (Å²) < 4.78 is 15.8. The zero-order valence-electron chi connectivity index (χ0n) is 18.4. The average molecular weight is 481 g/mol. The van der Waals surface area contributed by atoms with Crippen LogP contribution >= 0.6 is 11.6 Å². The summed E-state index contributed by atoms with van der Waals surface area (Å²) in [7, 11) is 1.47. The number of aryl methyl sites for hydroxylation is 1. The number of methoxy groups -OCH3 is 1. The van der Waals surface area contributed by atoms with Gasteiger partial charge in [0.25, 0.3) is 5.78 Å². The molecule has 34 heavy (non-hydrogen) atoms. The predicted octanol–water partition coefficient (Wildman–Crippen LogP) is 4.84. The minimum Gasteiger partial charge on any atom is -0.507 e. The maximum Gasteiger partial charge on any atom is 0.301 e. The maximum absolute atomic E-state index is 13.1. The predicted molar refractivity (Wildman–Crippen MR) is 126 cm³/mol. The van der Waals surface area contributed by atoms with Crippen molar-refractivity contribution in [3.05, 3.63) is 88.7 Å². The molecular formula is C25H21ClN2O6. The van der Waals surface area contributed by atoms with Crippen molar-refractivity contribution in [2.75, 3.05) is 18.6 Å². The van der Waals surface area contributed by atoms with Gasteiger partial charge >= 0.3 is 5.91 Å². The molecule has 1 fully saturated rings. The number of aliphatic hydroxyl groups is 1. The molecule has 1 aromatic heterocycles. The lowest BCUT2D eigenvalue weighted by atomic mass is 9.95. The lowest BCUT2D eigenvalue weighted by molar-refractivity contribution is -0.132. The Labute approximate surface area is 200 Å². The highest BCUT2D eigenvalue weighted by Gasteiger charge is 2.48. The van der Waals surface area contributed by atoms with E-state index in [-0.39, 0.29) is 27.7 Å². The van der Waals surface area contributed by atoms with Crippen LogP contribution in [0, 0.1) is 6.92 Å². The molecule has 2 aromatic carbocycles. The van der Waals surface area contributed by atoms with E-state index < -0.39 is 17.7 Å². The van der Waals surface area contributed by atoms with Crippen molar-refractivity contribution in [3.8, 4) is 11.5 Å². The molecule has 4 rings (SSSR count). The van der Waals surface area contributed by atoms with Crippen molar-refractivity contribution in [3.63, 3.8) is 0 Å². The van der Waals surface area contributed by atoms with E-state index in [0.29, 0.717) is 29.4 Å². The van der Waals surface area contributed by atoms with E-state index in [1.807, 2.05) is 0 Å². The maximum atomic E-state index is 13.1. The summed E-state index contributed by atoms with van der Waals surface area (Å²) in [5, 5.41) is 15.3. The highest BCUT2D eigenvalue weighted by Crippen LogP contribution is 2.42. The molecule has 1 N–H and O–H groups in total. The molecule has 8 nitrogen and oxygen atoms in total. The van der Waals surface area contributed by atoms with E-state index in [2.05, 4.69) is 11.7 Å². The van der Waals surface area contributed by atoms with Crippen LogP contribution in [-0.2, 0) is 9.59 Å². The number of halogens is 1. The number of carbonyl (C=O) groups is 2. The number of rotatable bonds is 7. The average Bonchev–Trinajstić information content (AvgIpc) is 3.38. The molecule has 0 saturated carbocycles. The Morgan fingerprint density at radius 1 is 1.24 bits per heavy atom. The highest BCUT2D eigenvalue weighted by atomic mass is 35.5. The molecule has 1 amide bonds. The number of nitrogens with zero attached hydrogens (tertiary/aromatic N) is 2. The number of ether oxygens (including phenoxy) is 2. The zero-order chi connectivity index (χ0) is 24.4. The van der Waals surface area contributed by atoms with Gasteiger partial charge in [-0.1, -0.05) is 41.5 Å². The van der Waals surface area contributed by atoms with Gasteiger partial charge in [-0.2, -0.15) is 0 Å². The summed E-state index contributed by atoms with van der Waals surface area (Å²) in [4.78, 5) is 27.4. The quantitative estimate of drug-likeness (QED) is 0.223. The summed E-state index contributed by atoms with van der Waals surface area (Å²) in [5.41, 5.74) is 0.717. The molecule has 2 heterocycles. The first-order valence-electron chi connectivity index (χ1n) is 10.3. The van der Waals surface area contributed by atoms with Gasteiger partial charge in [0.15, 0.2) is 5.82 Å². The fourth-order valence-corrected chi connectivity index (χ4v) is 3.98. The second kappa shape index (κ2) is 9.44. The van der Waals surface area contributed by atoms with E-state index in [9.17, 15) is 14.7 Å². The van der Waals surface area contributed by atoms with E-state index >= 15 is 0 Å². The van der Waals surface area contributed by atoms with Gasteiger partial charge in [0.05, 0.1) is 23.7 Å². The van der Waals surface area contributed by atoms with Gasteiger partial charge in [0, 0.05) is 11.6 Å². The normalized spacial score (nSPS) is 17.1. The van der Waals surface area contributed by atoms with Gasteiger partial charge < -0.3 is 19.1 Å². The summed E-state index contributed by atoms with van der Waals surface area (Å²) in [6.07, 6.45) is 1.62. The van der Waals surface area contributed by atoms with Crippen LogP contribution in [0.5, 0.6) is 11.5 Å². The second-order valence-electron chi connectivity index (χ2n) is 7.48. The summed E-state index contributed by atoms with van der Waals surface area (Å²) in [5.74, 6) is -0.464. The molecule has 0 spiro atoms. The number of aromatic nitrogens is 1. The SMILES string of the molecule is C=CCOc1ccc(C2/C(=C(\O)c3ccc(OC)c(Cl)c3)C(=O)C(=O)N2c2cc(C)on2)cc1. The van der Waals surface area contributed by atoms with Gasteiger partial charge in [0.1, 0.15) is 29.6 Å². The Kier molecular flexibility index (Phi) is 6.43. The molecule has 0 bridgehead atoms. The minimum atomic E-state index is -0.959. The second-order valence-corrected chi connectivity index (χ2v) is 7.89. The van der Waals surface area contributed by atoms with Crippen LogP contribution in [-0.4, -0.2) is 35.7 Å². The fraction of sp³-hybridized carbons (Fsp3) is 0.160. The van der Waals surface area contributed by atoms with Crippen LogP contribution in [0.1, 0.15) is 22.9 Å². The third-order valence-electron chi connectivity index (χ3n) is 5.30. The van der Waals surface area contributed by atoms with Gasteiger partial charge in [-0.05, 0) is 42.8 Å². The Hall–Kier alpha value is -4.04. The van der Waals surface area contributed by atoms with E-state index in [1.54, 1.807) is 55.5 Å². The molecule has 1 aliphatic heterocycles. The summed E-state index contributed by atoms with van der Waals surface area (Å²) in [6.45, 7) is 5.62. The van der Waals surface area contributed by atoms with Crippen LogP contribution < -0.4 is 14.4 Å². The number of ketones is 1. The lowest BCUT2D eigenvalue weighted by Crippen LogP contribution is -2.29. The van der Waals surface area contributed by atoms with Gasteiger partial charge in [-0.25, -0.2) is 0 Å². The topological polar surface area (TPSA) is 102 Å². The largest absolute Gasteiger partial charge is 0.507 e. The van der Waals surface area contributed by atoms with Crippen molar-refractivity contribution in [1.29, 1.82) is 0 Å². The number of benzene rings is 2. The number of anilines is 1. The van der Waals surface area contributed by atoms with Crippen molar-refractivity contribution in [2.24, 2.45) is 0 Å². The fourth-order valence-electron chi connectivity index (χ4n) is 3.72. The van der Waals surface area contributed by atoms with Gasteiger partial charge in [0.2, 0.25) is 0 Å². The number of Topliss-reactive ketones (excluding diaryl/α,β-unsaturated/α-hetero) is 1. The lowest BCUT2D eigenvalue weighted by Gasteiger charge is -2.23. The number of hydrogen-bond acceptors (Lipinski definition) is 7. The Bertz CT molecular complexity index is 1290. The van der Waals surface area contributed by atoms with Crippen LogP contribution in [0.15, 0.2) is 71.3 Å².